The maximum atomic E-state index is 13.8. The van der Waals surface area contributed by atoms with Gasteiger partial charge in [0.1, 0.15) is 18.2 Å². The Morgan fingerprint density at radius 3 is 2.85 bits per heavy atom. The number of hydrogen-bond donors (Lipinski definition) is 1. The van der Waals surface area contributed by atoms with Crippen LogP contribution in [0.4, 0.5) is 8.78 Å². The average Bonchev–Trinajstić information content (AvgIpc) is 2.98. The van der Waals surface area contributed by atoms with Crippen LogP contribution in [0.1, 0.15) is 33.9 Å². The summed E-state index contributed by atoms with van der Waals surface area (Å²) < 4.78 is 32.8. The molecule has 3 rings (SSSR count). The monoisotopic (exact) mass is 361 g/mol. The molecule has 1 aromatic carbocycles. The van der Waals surface area contributed by atoms with Crippen molar-refractivity contribution in [2.45, 2.75) is 18.9 Å². The number of carbonyl (C=O) groups excluding carboxylic acids is 1. The number of hydrogen-bond acceptors (Lipinski definition) is 4. The third-order valence-electron chi connectivity index (χ3n) is 4.35. The Hall–Kier alpha value is -2.54. The minimum Gasteiger partial charge on any atom is -0.476 e. The van der Waals surface area contributed by atoms with E-state index in [2.05, 4.69) is 10.3 Å². The van der Waals surface area contributed by atoms with E-state index in [1.54, 1.807) is 12.1 Å². The van der Waals surface area contributed by atoms with Crippen LogP contribution in [0.2, 0.25) is 0 Å². The summed E-state index contributed by atoms with van der Waals surface area (Å²) in [4.78, 5) is 18.5. The van der Waals surface area contributed by atoms with E-state index >= 15 is 0 Å². The van der Waals surface area contributed by atoms with E-state index in [1.165, 1.54) is 12.3 Å². The molecule has 5 nitrogen and oxygen atoms in total. The van der Waals surface area contributed by atoms with E-state index in [0.717, 1.165) is 12.6 Å². The van der Waals surface area contributed by atoms with Crippen molar-refractivity contribution in [3.05, 3.63) is 58.8 Å². The molecular weight excluding hydrogens is 340 g/mol. The van der Waals surface area contributed by atoms with Crippen molar-refractivity contribution in [3.63, 3.8) is 0 Å². The number of amides is 1. The fraction of sp³-hybridized carbons (Fsp3) is 0.368. The molecule has 0 fully saturated rings. The van der Waals surface area contributed by atoms with Gasteiger partial charge in [0.05, 0.1) is 11.6 Å². The minimum absolute atomic E-state index is 0.333. The summed E-state index contributed by atoms with van der Waals surface area (Å²) >= 11 is 0. The van der Waals surface area contributed by atoms with Crippen molar-refractivity contribution in [2.75, 3.05) is 27.2 Å². The lowest BCUT2D eigenvalue weighted by atomic mass is 10.1. The molecule has 1 aromatic heterocycles. The normalized spacial score (nSPS) is 15.8. The number of benzene rings is 1. The maximum Gasteiger partial charge on any atom is 0.253 e. The first kappa shape index (κ1) is 18.3. The van der Waals surface area contributed by atoms with Crippen molar-refractivity contribution < 1.29 is 18.3 Å². The van der Waals surface area contributed by atoms with Gasteiger partial charge in [-0.25, -0.2) is 13.8 Å². The molecular formula is C19H21F2N3O2. The molecule has 1 N–H and O–H groups in total. The van der Waals surface area contributed by atoms with Gasteiger partial charge >= 0.3 is 0 Å². The largest absolute Gasteiger partial charge is 0.476 e. The number of carbonyl (C=O) groups is 1. The number of ether oxygens (including phenoxy) is 1. The molecule has 0 saturated heterocycles. The summed E-state index contributed by atoms with van der Waals surface area (Å²) in [7, 11) is 3.90. The van der Waals surface area contributed by atoms with Crippen LogP contribution in [0.3, 0.4) is 0 Å². The van der Waals surface area contributed by atoms with E-state index in [0.29, 0.717) is 42.0 Å². The standard InChI is InChI=1S/C19H21F2N3O2/c1-24(2)7-8-26-18-6-3-12(11-22-18)19(25)23-17-5-4-14-15(17)9-13(20)10-16(14)21/h3,6,9-11,17H,4-5,7-8H2,1-2H3,(H,23,25). The van der Waals surface area contributed by atoms with Crippen LogP contribution < -0.4 is 10.1 Å². The Kier molecular flexibility index (Phi) is 5.46. The van der Waals surface area contributed by atoms with E-state index in [9.17, 15) is 13.6 Å². The predicted octanol–water partition coefficient (Wildman–Crippen LogP) is 2.72. The summed E-state index contributed by atoms with van der Waals surface area (Å²) in [5.74, 6) is -1.08. The molecule has 0 aliphatic heterocycles. The van der Waals surface area contributed by atoms with Gasteiger partial charge in [-0.05, 0) is 50.2 Å². The number of halogens is 2. The van der Waals surface area contributed by atoms with Crippen LogP contribution in [0.15, 0.2) is 30.5 Å². The molecule has 0 radical (unpaired) electrons. The first-order chi connectivity index (χ1) is 12.4. The molecule has 7 heteroatoms. The third-order valence-corrected chi connectivity index (χ3v) is 4.35. The van der Waals surface area contributed by atoms with Crippen LogP contribution in [0.5, 0.6) is 5.88 Å². The second-order valence-corrected chi connectivity index (χ2v) is 6.56. The Labute approximate surface area is 151 Å². The first-order valence-corrected chi connectivity index (χ1v) is 8.46. The molecule has 138 valence electrons. The summed E-state index contributed by atoms with van der Waals surface area (Å²) in [6.45, 7) is 1.26. The molecule has 26 heavy (non-hydrogen) atoms. The molecule has 0 saturated carbocycles. The van der Waals surface area contributed by atoms with Gasteiger partial charge in [-0.2, -0.15) is 0 Å². The molecule has 2 aromatic rings. The quantitative estimate of drug-likeness (QED) is 0.860. The Bertz CT molecular complexity index is 794. The smallest absolute Gasteiger partial charge is 0.253 e. The summed E-state index contributed by atoms with van der Waals surface area (Å²) in [5, 5.41) is 2.82. The number of nitrogens with zero attached hydrogens (tertiary/aromatic N) is 2. The van der Waals surface area contributed by atoms with Gasteiger partial charge in [-0.3, -0.25) is 4.79 Å². The Balaban J connectivity index is 1.63. The lowest BCUT2D eigenvalue weighted by Crippen LogP contribution is -2.27. The van der Waals surface area contributed by atoms with Crippen LogP contribution in [-0.2, 0) is 6.42 Å². The van der Waals surface area contributed by atoms with E-state index < -0.39 is 17.7 Å². The van der Waals surface area contributed by atoms with Crippen LogP contribution >= 0.6 is 0 Å². The molecule has 1 aliphatic rings. The zero-order valence-corrected chi connectivity index (χ0v) is 14.8. The lowest BCUT2D eigenvalue weighted by Gasteiger charge is -2.15. The zero-order chi connectivity index (χ0) is 18.7. The predicted molar refractivity (Wildman–Crippen MR) is 93.2 cm³/mol. The highest BCUT2D eigenvalue weighted by molar-refractivity contribution is 5.94. The second kappa shape index (κ2) is 7.78. The van der Waals surface area contributed by atoms with Crippen LogP contribution in [0.25, 0.3) is 0 Å². The molecule has 0 bridgehead atoms. The lowest BCUT2D eigenvalue weighted by molar-refractivity contribution is 0.0936. The van der Waals surface area contributed by atoms with Gasteiger partial charge in [0.2, 0.25) is 5.88 Å². The third kappa shape index (κ3) is 4.16. The highest BCUT2D eigenvalue weighted by atomic mass is 19.1. The molecule has 1 unspecified atom stereocenters. The molecule has 1 heterocycles. The molecule has 0 spiro atoms. The molecule has 1 atom stereocenters. The molecule has 1 aliphatic carbocycles. The first-order valence-electron chi connectivity index (χ1n) is 8.46. The van der Waals surface area contributed by atoms with Crippen molar-refractivity contribution in [2.24, 2.45) is 0 Å². The Morgan fingerprint density at radius 1 is 1.35 bits per heavy atom. The Morgan fingerprint density at radius 2 is 2.15 bits per heavy atom. The van der Waals surface area contributed by atoms with E-state index in [-0.39, 0.29) is 5.91 Å². The number of rotatable bonds is 6. The number of nitrogens with one attached hydrogen (secondary N) is 1. The highest BCUT2D eigenvalue weighted by Gasteiger charge is 2.27. The van der Waals surface area contributed by atoms with Crippen LogP contribution in [-0.4, -0.2) is 43.0 Å². The van der Waals surface area contributed by atoms with Gasteiger partial charge in [0.15, 0.2) is 0 Å². The van der Waals surface area contributed by atoms with Gasteiger partial charge in [0.25, 0.3) is 5.91 Å². The van der Waals surface area contributed by atoms with Gasteiger partial charge in [0, 0.05) is 24.9 Å². The highest BCUT2D eigenvalue weighted by Crippen LogP contribution is 2.33. The fourth-order valence-electron chi connectivity index (χ4n) is 2.97. The maximum absolute atomic E-state index is 13.8. The minimum atomic E-state index is -0.636. The van der Waals surface area contributed by atoms with Gasteiger partial charge in [-0.1, -0.05) is 0 Å². The second-order valence-electron chi connectivity index (χ2n) is 6.56. The average molecular weight is 361 g/mol. The van der Waals surface area contributed by atoms with E-state index in [4.69, 9.17) is 4.74 Å². The summed E-state index contributed by atoms with van der Waals surface area (Å²) in [6, 6.07) is 5.01. The van der Waals surface area contributed by atoms with Crippen molar-refractivity contribution >= 4 is 5.91 Å². The van der Waals surface area contributed by atoms with E-state index in [1.807, 2.05) is 19.0 Å². The topological polar surface area (TPSA) is 54.5 Å². The van der Waals surface area contributed by atoms with Crippen molar-refractivity contribution in [3.8, 4) is 5.88 Å². The van der Waals surface area contributed by atoms with Gasteiger partial charge in [-0.15, -0.1) is 0 Å². The number of pyridine rings is 1. The van der Waals surface area contributed by atoms with Gasteiger partial charge < -0.3 is 15.0 Å². The molecule has 1 amide bonds. The SMILES string of the molecule is CN(C)CCOc1ccc(C(=O)NC2CCc3c(F)cc(F)cc32)cn1. The summed E-state index contributed by atoms with van der Waals surface area (Å²) in [6.07, 6.45) is 2.45. The van der Waals surface area contributed by atoms with Crippen molar-refractivity contribution in [1.29, 1.82) is 0 Å². The number of likely N-dealkylation sites (N-methyl/N-ethyl adjacent to an activating group) is 1. The summed E-state index contributed by atoms with van der Waals surface area (Å²) in [5.41, 5.74) is 1.35. The zero-order valence-electron chi connectivity index (χ0n) is 14.8. The fourth-order valence-corrected chi connectivity index (χ4v) is 2.97. The number of aromatic nitrogens is 1. The van der Waals surface area contributed by atoms with Crippen molar-refractivity contribution in [1.82, 2.24) is 15.2 Å². The van der Waals surface area contributed by atoms with Crippen LogP contribution in [0, 0.1) is 11.6 Å². The number of fused-ring (bicyclic) bond motifs is 1.